The summed E-state index contributed by atoms with van der Waals surface area (Å²) in [5.74, 6) is 0.768. The van der Waals surface area contributed by atoms with Crippen molar-refractivity contribution >= 4 is 11.8 Å². The molecular weight excluding hydrogens is 396 g/mol. The van der Waals surface area contributed by atoms with E-state index in [1.54, 1.807) is 28.9 Å². The van der Waals surface area contributed by atoms with Crippen molar-refractivity contribution in [1.29, 1.82) is 0 Å². The van der Waals surface area contributed by atoms with Crippen molar-refractivity contribution < 1.29 is 27.6 Å². The van der Waals surface area contributed by atoms with Gasteiger partial charge in [-0.15, -0.1) is 0 Å². The van der Waals surface area contributed by atoms with Gasteiger partial charge in [-0.2, -0.15) is 8.78 Å². The third-order valence-corrected chi connectivity index (χ3v) is 5.27. The minimum Gasteiger partial charge on any atom is -0.435 e. The number of nitrogens with zero attached hydrogens (tertiary/aromatic N) is 3. The number of hydrogen-bond donors (Lipinski definition) is 0. The van der Waals surface area contributed by atoms with Crippen molar-refractivity contribution in [3.8, 4) is 5.75 Å². The maximum atomic E-state index is 12.5. The van der Waals surface area contributed by atoms with E-state index in [0.29, 0.717) is 44.8 Å². The lowest BCUT2D eigenvalue weighted by atomic mass is 10.1. The van der Waals surface area contributed by atoms with E-state index >= 15 is 0 Å². The van der Waals surface area contributed by atoms with Crippen LogP contribution in [0, 0.1) is 13.8 Å². The molecule has 2 amide bonds. The summed E-state index contributed by atoms with van der Waals surface area (Å²) in [6.07, 6.45) is 1.08. The topological polar surface area (TPSA) is 75.9 Å². The van der Waals surface area contributed by atoms with Gasteiger partial charge >= 0.3 is 6.61 Å². The summed E-state index contributed by atoms with van der Waals surface area (Å²) in [7, 11) is 0. The quantitative estimate of drug-likeness (QED) is 0.687. The molecule has 0 spiro atoms. The van der Waals surface area contributed by atoms with Crippen LogP contribution in [0.15, 0.2) is 28.8 Å². The van der Waals surface area contributed by atoms with Crippen molar-refractivity contribution in [3.63, 3.8) is 0 Å². The first-order chi connectivity index (χ1) is 14.3. The Balaban J connectivity index is 1.43. The van der Waals surface area contributed by atoms with Crippen molar-refractivity contribution in [2.24, 2.45) is 0 Å². The van der Waals surface area contributed by atoms with Crippen LogP contribution in [-0.4, -0.2) is 59.6 Å². The van der Waals surface area contributed by atoms with Gasteiger partial charge in [0.2, 0.25) is 11.8 Å². The predicted octanol–water partition coefficient (Wildman–Crippen LogP) is 2.74. The zero-order valence-corrected chi connectivity index (χ0v) is 17.1. The highest BCUT2D eigenvalue weighted by molar-refractivity contribution is 5.80. The Hall–Kier alpha value is -2.97. The van der Waals surface area contributed by atoms with Crippen LogP contribution in [0.25, 0.3) is 0 Å². The third kappa shape index (κ3) is 5.55. The van der Waals surface area contributed by atoms with Crippen LogP contribution in [0.1, 0.15) is 29.0 Å². The summed E-state index contributed by atoms with van der Waals surface area (Å²) in [5.41, 5.74) is 2.42. The van der Waals surface area contributed by atoms with Gasteiger partial charge in [-0.3, -0.25) is 9.59 Å². The highest BCUT2D eigenvalue weighted by atomic mass is 19.3. The molecule has 162 valence electrons. The number of piperazine rings is 1. The number of rotatable bonds is 7. The first-order valence-corrected chi connectivity index (χ1v) is 9.84. The van der Waals surface area contributed by atoms with E-state index in [0.717, 1.165) is 16.8 Å². The lowest BCUT2D eigenvalue weighted by molar-refractivity contribution is -0.139. The summed E-state index contributed by atoms with van der Waals surface area (Å²) in [6.45, 7) is 2.72. The largest absolute Gasteiger partial charge is 0.435 e. The van der Waals surface area contributed by atoms with Crippen LogP contribution in [0.3, 0.4) is 0 Å². The molecule has 1 aliphatic rings. The van der Waals surface area contributed by atoms with E-state index in [-0.39, 0.29) is 24.0 Å². The van der Waals surface area contributed by atoms with Gasteiger partial charge in [-0.25, -0.2) is 0 Å². The second kappa shape index (κ2) is 9.69. The van der Waals surface area contributed by atoms with Crippen LogP contribution < -0.4 is 4.74 Å². The van der Waals surface area contributed by atoms with Gasteiger partial charge in [0.1, 0.15) is 11.5 Å². The molecule has 0 bridgehead atoms. The molecule has 2 heterocycles. The molecule has 0 aliphatic carbocycles. The molecule has 0 atom stereocenters. The number of alkyl halides is 2. The maximum absolute atomic E-state index is 12.5. The number of carbonyl (C=O) groups is 2. The minimum absolute atomic E-state index is 0.00241. The van der Waals surface area contributed by atoms with Gasteiger partial charge in [0.25, 0.3) is 0 Å². The molecule has 1 aliphatic heterocycles. The third-order valence-electron chi connectivity index (χ3n) is 5.27. The average Bonchev–Trinajstić information content (AvgIpc) is 3.04. The molecule has 1 saturated heterocycles. The molecular formula is C21H25F2N3O4. The Labute approximate surface area is 173 Å². The number of hydrogen-bond acceptors (Lipinski definition) is 5. The molecule has 0 unspecified atom stereocenters. The molecule has 3 rings (SSSR count). The first-order valence-electron chi connectivity index (χ1n) is 9.84. The fourth-order valence-electron chi connectivity index (χ4n) is 3.47. The van der Waals surface area contributed by atoms with Crippen LogP contribution in [-0.2, 0) is 22.4 Å². The Morgan fingerprint density at radius 2 is 1.67 bits per heavy atom. The predicted molar refractivity (Wildman–Crippen MR) is 104 cm³/mol. The molecule has 1 aromatic carbocycles. The Kier molecular flexibility index (Phi) is 7.02. The van der Waals surface area contributed by atoms with E-state index in [4.69, 9.17) is 4.52 Å². The van der Waals surface area contributed by atoms with Crippen LogP contribution in [0.4, 0.5) is 8.78 Å². The maximum Gasteiger partial charge on any atom is 0.387 e. The second-order valence-electron chi connectivity index (χ2n) is 7.26. The second-order valence-corrected chi connectivity index (χ2v) is 7.26. The molecule has 0 radical (unpaired) electrons. The number of halogens is 2. The molecule has 9 heteroatoms. The van der Waals surface area contributed by atoms with Gasteiger partial charge in [-0.1, -0.05) is 17.3 Å². The van der Waals surface area contributed by atoms with E-state index in [1.807, 2.05) is 6.92 Å². The standard InChI is InChI=1S/C21H25F2N3O4/c1-14-18(15(2)30-24-14)13-20(28)26-11-9-25(10-12-26)19(27)8-5-16-3-6-17(7-4-16)29-21(22)23/h3-4,6-7,21H,5,8-13H2,1-2H3. The lowest BCUT2D eigenvalue weighted by Gasteiger charge is -2.35. The summed E-state index contributed by atoms with van der Waals surface area (Å²) in [5, 5.41) is 3.87. The van der Waals surface area contributed by atoms with Gasteiger partial charge < -0.3 is 19.1 Å². The van der Waals surface area contributed by atoms with Crippen LogP contribution in [0.2, 0.25) is 0 Å². The highest BCUT2D eigenvalue weighted by Crippen LogP contribution is 2.17. The van der Waals surface area contributed by atoms with Crippen LogP contribution in [0.5, 0.6) is 5.75 Å². The Morgan fingerprint density at radius 1 is 1.07 bits per heavy atom. The SMILES string of the molecule is Cc1noc(C)c1CC(=O)N1CCN(C(=O)CCc2ccc(OC(F)F)cc2)CC1. The summed E-state index contributed by atoms with van der Waals surface area (Å²) in [4.78, 5) is 28.6. The smallest absolute Gasteiger partial charge is 0.387 e. The number of benzene rings is 1. The van der Waals surface area contributed by atoms with Crippen molar-refractivity contribution in [2.75, 3.05) is 26.2 Å². The lowest BCUT2D eigenvalue weighted by Crippen LogP contribution is -2.51. The summed E-state index contributed by atoms with van der Waals surface area (Å²) >= 11 is 0. The van der Waals surface area contributed by atoms with Gasteiger partial charge in [0.15, 0.2) is 0 Å². The number of ether oxygens (including phenoxy) is 1. The van der Waals surface area contributed by atoms with Crippen molar-refractivity contribution in [2.45, 2.75) is 39.7 Å². The number of amides is 2. The van der Waals surface area contributed by atoms with Crippen LogP contribution >= 0.6 is 0 Å². The van der Waals surface area contributed by atoms with Gasteiger partial charge in [0, 0.05) is 38.2 Å². The van der Waals surface area contributed by atoms with Crippen molar-refractivity contribution in [1.82, 2.24) is 15.0 Å². The van der Waals surface area contributed by atoms with Gasteiger partial charge in [0.05, 0.1) is 12.1 Å². The zero-order valence-electron chi connectivity index (χ0n) is 17.1. The Bertz CT molecular complexity index is 855. The number of carbonyl (C=O) groups excluding carboxylic acids is 2. The normalized spacial score (nSPS) is 14.3. The number of aryl methyl sites for hydroxylation is 3. The summed E-state index contributed by atoms with van der Waals surface area (Å²) in [6, 6.07) is 6.29. The summed E-state index contributed by atoms with van der Waals surface area (Å²) < 4.78 is 33.8. The molecule has 7 nitrogen and oxygen atoms in total. The fourth-order valence-corrected chi connectivity index (χ4v) is 3.47. The Morgan fingerprint density at radius 3 is 2.20 bits per heavy atom. The van der Waals surface area contributed by atoms with Gasteiger partial charge in [-0.05, 0) is 38.0 Å². The van der Waals surface area contributed by atoms with E-state index < -0.39 is 6.61 Å². The zero-order chi connectivity index (χ0) is 21.7. The monoisotopic (exact) mass is 421 g/mol. The van der Waals surface area contributed by atoms with E-state index in [1.165, 1.54) is 12.1 Å². The molecule has 30 heavy (non-hydrogen) atoms. The van der Waals surface area contributed by atoms with E-state index in [2.05, 4.69) is 9.89 Å². The molecule has 1 aromatic heterocycles. The highest BCUT2D eigenvalue weighted by Gasteiger charge is 2.25. The molecule has 0 N–H and O–H groups in total. The average molecular weight is 421 g/mol. The van der Waals surface area contributed by atoms with Crippen molar-refractivity contribution in [3.05, 3.63) is 46.8 Å². The molecule has 1 fully saturated rings. The molecule has 0 saturated carbocycles. The minimum atomic E-state index is -2.85. The molecule has 2 aromatic rings. The fraction of sp³-hybridized carbons (Fsp3) is 0.476. The van der Waals surface area contributed by atoms with E-state index in [9.17, 15) is 18.4 Å². The first kappa shape index (κ1) is 21.7. The number of aromatic nitrogens is 1.